The van der Waals surface area contributed by atoms with Gasteiger partial charge in [-0.15, -0.1) is 0 Å². The highest BCUT2D eigenvalue weighted by Gasteiger charge is 2.11. The van der Waals surface area contributed by atoms with Gasteiger partial charge in [-0.3, -0.25) is 4.98 Å². The number of halogens is 1. The van der Waals surface area contributed by atoms with Crippen LogP contribution in [0.3, 0.4) is 0 Å². The number of nitrogens with zero attached hydrogens (tertiary/aromatic N) is 1. The third-order valence-corrected chi connectivity index (χ3v) is 5.15. The number of hydrogen-bond acceptors (Lipinski definition) is 3. The molecule has 0 bridgehead atoms. The van der Waals surface area contributed by atoms with Crippen molar-refractivity contribution in [1.82, 2.24) is 4.98 Å². The summed E-state index contributed by atoms with van der Waals surface area (Å²) in [6.45, 7) is 2.39. The Morgan fingerprint density at radius 3 is 2.22 bits per heavy atom. The van der Waals surface area contributed by atoms with Crippen molar-refractivity contribution in [3.8, 4) is 11.1 Å². The summed E-state index contributed by atoms with van der Waals surface area (Å²) in [5.74, 6) is -1.94. The Labute approximate surface area is 189 Å². The van der Waals surface area contributed by atoms with Gasteiger partial charge in [0.2, 0.25) is 0 Å². The van der Waals surface area contributed by atoms with Gasteiger partial charge in [-0.05, 0) is 53.8 Å². The Morgan fingerprint density at radius 2 is 1.62 bits per heavy atom. The second-order valence-corrected chi connectivity index (χ2v) is 7.66. The number of aliphatic hydroxyl groups excluding tert-OH is 1. The van der Waals surface area contributed by atoms with E-state index in [0.29, 0.717) is 12.0 Å². The molecule has 2 N–H and O–H groups in total. The van der Waals surface area contributed by atoms with Gasteiger partial charge < -0.3 is 10.2 Å². The van der Waals surface area contributed by atoms with E-state index < -0.39 is 11.8 Å². The Morgan fingerprint density at radius 1 is 0.906 bits per heavy atom. The molecule has 32 heavy (non-hydrogen) atoms. The topological polar surface area (TPSA) is 70.4 Å². The van der Waals surface area contributed by atoms with Crippen LogP contribution in [0.5, 0.6) is 0 Å². The van der Waals surface area contributed by atoms with Crippen LogP contribution < -0.4 is 0 Å². The van der Waals surface area contributed by atoms with E-state index in [-0.39, 0.29) is 12.2 Å². The van der Waals surface area contributed by atoms with E-state index in [9.17, 15) is 9.18 Å². The predicted octanol–water partition coefficient (Wildman–Crippen LogP) is 6.32. The zero-order chi connectivity index (χ0) is 23.2. The van der Waals surface area contributed by atoms with Gasteiger partial charge in [0.05, 0.1) is 5.56 Å². The maximum Gasteiger partial charge on any atom is 0.338 e. The summed E-state index contributed by atoms with van der Waals surface area (Å²) in [4.78, 5) is 14.8. The molecule has 0 spiro atoms. The van der Waals surface area contributed by atoms with Crippen LogP contribution in [-0.4, -0.2) is 27.8 Å². The van der Waals surface area contributed by atoms with Gasteiger partial charge in [0, 0.05) is 24.9 Å². The summed E-state index contributed by atoms with van der Waals surface area (Å²) >= 11 is 0. The molecule has 1 aromatic heterocycles. The van der Waals surface area contributed by atoms with E-state index in [1.807, 2.05) is 30.3 Å². The van der Waals surface area contributed by atoms with Crippen molar-refractivity contribution in [3.63, 3.8) is 0 Å². The number of pyridine rings is 1. The number of unbranched alkanes of at least 4 members (excludes halogenated alkanes) is 4. The number of carboxylic acid groups (broad SMARTS) is 1. The van der Waals surface area contributed by atoms with Crippen molar-refractivity contribution >= 4 is 5.97 Å². The van der Waals surface area contributed by atoms with Gasteiger partial charge >= 0.3 is 5.97 Å². The molecule has 0 radical (unpaired) electrons. The first-order valence-electron chi connectivity index (χ1n) is 11.2. The molecule has 0 amide bonds. The average molecular weight is 438 g/mol. The van der Waals surface area contributed by atoms with E-state index in [1.165, 1.54) is 49.8 Å². The number of aromatic nitrogens is 1. The first-order chi connectivity index (χ1) is 15.5. The normalized spacial score (nSPS) is 10.3. The molecule has 0 fully saturated rings. The van der Waals surface area contributed by atoms with Crippen molar-refractivity contribution in [3.05, 3.63) is 89.5 Å². The number of hydrogen-bond donors (Lipinski definition) is 2. The van der Waals surface area contributed by atoms with Gasteiger partial charge in [-0.25, -0.2) is 9.18 Å². The highest BCUT2D eigenvalue weighted by atomic mass is 19.1. The fraction of sp³-hybridized carbons (Fsp3) is 0.333. The van der Waals surface area contributed by atoms with Gasteiger partial charge in [0.1, 0.15) is 5.82 Å². The second-order valence-electron chi connectivity index (χ2n) is 7.66. The zero-order valence-electron chi connectivity index (χ0n) is 18.6. The molecule has 0 unspecified atom stereocenters. The summed E-state index contributed by atoms with van der Waals surface area (Å²) in [5.41, 5.74) is 3.53. The predicted molar refractivity (Wildman–Crippen MR) is 126 cm³/mol. The summed E-state index contributed by atoms with van der Waals surface area (Å²) in [5, 5.41) is 17.3. The van der Waals surface area contributed by atoms with Crippen LogP contribution in [0.15, 0.2) is 66.9 Å². The molecule has 0 aliphatic heterocycles. The molecule has 2 aromatic carbocycles. The molecule has 0 saturated carbocycles. The third kappa shape index (κ3) is 8.60. The number of carbonyl (C=O) groups is 1. The van der Waals surface area contributed by atoms with Crippen LogP contribution in [0.25, 0.3) is 11.1 Å². The van der Waals surface area contributed by atoms with Crippen molar-refractivity contribution < 1.29 is 19.4 Å². The molecule has 0 saturated heterocycles. The molecule has 0 atom stereocenters. The number of benzene rings is 2. The monoisotopic (exact) mass is 437 g/mol. The Hall–Kier alpha value is -3.05. The number of aliphatic hydroxyl groups is 1. The van der Waals surface area contributed by atoms with Gasteiger partial charge in [0.15, 0.2) is 0 Å². The third-order valence-electron chi connectivity index (χ3n) is 5.15. The smallest absolute Gasteiger partial charge is 0.338 e. The largest absolute Gasteiger partial charge is 0.478 e. The maximum absolute atomic E-state index is 13.8. The van der Waals surface area contributed by atoms with Crippen molar-refractivity contribution in [2.75, 3.05) is 6.61 Å². The lowest BCUT2D eigenvalue weighted by Gasteiger charge is -2.06. The van der Waals surface area contributed by atoms with Crippen LogP contribution in [0.4, 0.5) is 4.39 Å². The van der Waals surface area contributed by atoms with E-state index in [4.69, 9.17) is 10.2 Å². The zero-order valence-corrected chi connectivity index (χ0v) is 18.6. The molecule has 3 aromatic rings. The average Bonchev–Trinajstić information content (AvgIpc) is 2.80. The van der Waals surface area contributed by atoms with Crippen LogP contribution in [0, 0.1) is 5.82 Å². The minimum atomic E-state index is -1.24. The highest BCUT2D eigenvalue weighted by Crippen LogP contribution is 2.23. The lowest BCUT2D eigenvalue weighted by Crippen LogP contribution is -2.00. The fourth-order valence-corrected chi connectivity index (χ4v) is 3.33. The Kier molecular flexibility index (Phi) is 11.1. The molecule has 3 rings (SSSR count). The van der Waals surface area contributed by atoms with Gasteiger partial charge in [-0.1, -0.05) is 69.0 Å². The SMILES string of the molecule is CCCCCCCc1ccc(-c2ccc(C(=O)O)c(F)c2)cc1.OCCc1ccccn1. The molecule has 4 nitrogen and oxygen atoms in total. The van der Waals surface area contributed by atoms with Crippen LogP contribution >= 0.6 is 0 Å². The van der Waals surface area contributed by atoms with Crippen molar-refractivity contribution in [1.29, 1.82) is 0 Å². The summed E-state index contributed by atoms with van der Waals surface area (Å²) in [6.07, 6.45) is 9.76. The first kappa shape index (κ1) is 25.2. The molecule has 1 heterocycles. The molecule has 0 aliphatic rings. The number of carboxylic acids is 1. The highest BCUT2D eigenvalue weighted by molar-refractivity contribution is 5.88. The number of aryl methyl sites for hydroxylation is 1. The standard InChI is InChI=1S/C20H23FO2.C7H9NO/c1-2-3-4-5-6-7-15-8-10-16(11-9-15)17-12-13-18(20(22)23)19(21)14-17;9-6-4-7-3-1-2-5-8-7/h8-14H,2-7H2,1H3,(H,22,23);1-3,5,9H,4,6H2. The number of rotatable bonds is 10. The van der Waals surface area contributed by atoms with Crippen molar-refractivity contribution in [2.24, 2.45) is 0 Å². The molecular weight excluding hydrogens is 405 g/mol. The lowest BCUT2D eigenvalue weighted by atomic mass is 10.00. The van der Waals surface area contributed by atoms with E-state index in [1.54, 1.807) is 12.3 Å². The summed E-state index contributed by atoms with van der Waals surface area (Å²) < 4.78 is 13.8. The maximum atomic E-state index is 13.8. The van der Waals surface area contributed by atoms with E-state index in [0.717, 1.165) is 17.7 Å². The quantitative estimate of drug-likeness (QED) is 0.364. The van der Waals surface area contributed by atoms with Crippen molar-refractivity contribution in [2.45, 2.75) is 51.9 Å². The Balaban J connectivity index is 0.000000336. The Bertz CT molecular complexity index is 943. The van der Waals surface area contributed by atoms with Crippen LogP contribution in [0.2, 0.25) is 0 Å². The molecule has 0 aliphatic carbocycles. The van der Waals surface area contributed by atoms with Gasteiger partial charge in [-0.2, -0.15) is 0 Å². The number of aromatic carboxylic acids is 1. The van der Waals surface area contributed by atoms with Crippen LogP contribution in [-0.2, 0) is 12.8 Å². The van der Waals surface area contributed by atoms with Crippen LogP contribution in [0.1, 0.15) is 60.6 Å². The second kappa shape index (κ2) is 14.1. The van der Waals surface area contributed by atoms with E-state index in [2.05, 4.69) is 24.0 Å². The summed E-state index contributed by atoms with van der Waals surface area (Å²) in [7, 11) is 0. The van der Waals surface area contributed by atoms with E-state index >= 15 is 0 Å². The fourth-order valence-electron chi connectivity index (χ4n) is 3.33. The van der Waals surface area contributed by atoms with Gasteiger partial charge in [0.25, 0.3) is 0 Å². The molecular formula is C27H32FNO3. The minimum absolute atomic E-state index is 0.178. The summed E-state index contributed by atoms with van der Waals surface area (Å²) in [6, 6.07) is 18.0. The minimum Gasteiger partial charge on any atom is -0.478 e. The lowest BCUT2D eigenvalue weighted by molar-refractivity contribution is 0.0692. The molecule has 5 heteroatoms. The first-order valence-corrected chi connectivity index (χ1v) is 11.2. The molecule has 170 valence electrons.